The lowest BCUT2D eigenvalue weighted by Gasteiger charge is -2.37. The minimum Gasteiger partial charge on any atom is -0.426 e. The first-order valence-corrected chi connectivity index (χ1v) is 39.0. The van der Waals surface area contributed by atoms with Crippen LogP contribution in [0.15, 0.2) is 75.9 Å². The zero-order chi connectivity index (χ0) is 83.5. The summed E-state index contributed by atoms with van der Waals surface area (Å²) in [4.78, 5) is 191. The lowest BCUT2D eigenvalue weighted by Crippen LogP contribution is -2.51. The molecule has 4 heterocycles. The highest BCUT2D eigenvalue weighted by molar-refractivity contribution is 6.02. The first-order chi connectivity index (χ1) is 55.8. The number of carbonyl (C=O) groups excluding carboxylic acids is 13. The predicted molar refractivity (Wildman–Crippen MR) is 422 cm³/mol. The minimum atomic E-state index is -0.771. The second-order valence-electron chi connectivity index (χ2n) is 27.9. The number of ether oxygens (including phenoxy) is 8. The summed E-state index contributed by atoms with van der Waals surface area (Å²) in [6.07, 6.45) is 4.87. The number of para-hydroxylation sites is 2. The Morgan fingerprint density at radius 3 is 1.27 bits per heavy atom. The van der Waals surface area contributed by atoms with E-state index in [1.54, 1.807) is 31.2 Å². The van der Waals surface area contributed by atoms with E-state index in [4.69, 9.17) is 42.3 Å². The van der Waals surface area contributed by atoms with Crippen LogP contribution in [0.3, 0.4) is 0 Å². The van der Waals surface area contributed by atoms with Crippen molar-refractivity contribution in [3.8, 4) is 28.7 Å². The molecule has 35 heteroatoms. The van der Waals surface area contributed by atoms with E-state index in [0.29, 0.717) is 63.6 Å². The molecule has 0 unspecified atom stereocenters. The van der Waals surface area contributed by atoms with Gasteiger partial charge in [0, 0.05) is 193 Å². The van der Waals surface area contributed by atoms with Gasteiger partial charge in [-0.15, -0.1) is 0 Å². The van der Waals surface area contributed by atoms with Crippen LogP contribution in [0.5, 0.6) is 28.7 Å². The third kappa shape index (κ3) is 29.6. The number of rotatable bonds is 41. The second-order valence-corrected chi connectivity index (χ2v) is 27.9. The number of ketones is 1. The van der Waals surface area contributed by atoms with E-state index >= 15 is 0 Å². The molecule has 1 aromatic heterocycles. The maximum Gasteiger partial charge on any atom is 0.349 e. The zero-order valence-electron chi connectivity index (χ0n) is 66.7. The summed E-state index contributed by atoms with van der Waals surface area (Å²) in [6.45, 7) is 13.2. The van der Waals surface area contributed by atoms with Crippen LogP contribution >= 0.6 is 0 Å². The van der Waals surface area contributed by atoms with Crippen molar-refractivity contribution in [3.05, 3.63) is 116 Å². The van der Waals surface area contributed by atoms with E-state index < -0.39 is 70.8 Å². The van der Waals surface area contributed by atoms with Crippen molar-refractivity contribution in [1.82, 2.24) is 56.8 Å². The number of amides is 7. The number of esters is 5. The Balaban J connectivity index is 0.838. The second kappa shape index (κ2) is 47.1. The Morgan fingerprint density at radius 1 is 0.397 bits per heavy atom. The van der Waals surface area contributed by atoms with Crippen LogP contribution in [0.2, 0.25) is 0 Å². The molecule has 8 rings (SSSR count). The molecule has 0 aliphatic carbocycles. The molecule has 0 atom stereocenters. The van der Waals surface area contributed by atoms with Crippen LogP contribution in [0, 0.1) is 6.92 Å². The van der Waals surface area contributed by atoms with Crippen LogP contribution in [-0.4, -0.2) is 274 Å². The van der Waals surface area contributed by atoms with E-state index in [9.17, 15) is 67.1 Å². The molecule has 628 valence electrons. The maximum atomic E-state index is 13.9. The average Bonchev–Trinajstić information content (AvgIpc) is 0.745. The van der Waals surface area contributed by atoms with Gasteiger partial charge in [0.1, 0.15) is 16.9 Å². The Morgan fingerprint density at radius 2 is 0.776 bits per heavy atom. The summed E-state index contributed by atoms with van der Waals surface area (Å²) in [5, 5.41) is 20.5. The van der Waals surface area contributed by atoms with Crippen molar-refractivity contribution in [2.24, 2.45) is 0 Å². The van der Waals surface area contributed by atoms with E-state index in [0.717, 1.165) is 77.4 Å². The van der Waals surface area contributed by atoms with Crippen molar-refractivity contribution in [2.75, 3.05) is 182 Å². The third-order valence-corrected chi connectivity index (χ3v) is 18.8. The Labute approximate surface area is 672 Å². The van der Waals surface area contributed by atoms with Crippen molar-refractivity contribution in [3.63, 3.8) is 0 Å². The molecule has 35 nitrogen and oxygen atoms in total. The summed E-state index contributed by atoms with van der Waals surface area (Å²) in [5.74, 6) is -7.60. The molecule has 3 aliphatic heterocycles. The van der Waals surface area contributed by atoms with Gasteiger partial charge >= 0.3 is 35.5 Å². The summed E-state index contributed by atoms with van der Waals surface area (Å²) >= 11 is 0. The molecule has 7 N–H and O–H groups in total. The van der Waals surface area contributed by atoms with E-state index in [2.05, 4.69) is 48.2 Å². The summed E-state index contributed by atoms with van der Waals surface area (Å²) in [7, 11) is 0. The lowest BCUT2D eigenvalue weighted by atomic mass is 9.90. The number of nitrogens with one attached hydrogen (secondary N) is 7. The summed E-state index contributed by atoms with van der Waals surface area (Å²) < 4.78 is 49.1. The predicted octanol–water partition coefficient (Wildman–Crippen LogP) is 2.20. The van der Waals surface area contributed by atoms with E-state index in [1.165, 1.54) is 54.6 Å². The van der Waals surface area contributed by atoms with Crippen LogP contribution in [-0.2, 0) is 70.2 Å². The van der Waals surface area contributed by atoms with E-state index in [-0.39, 0.29) is 200 Å². The number of benzene rings is 4. The molecule has 116 heavy (non-hydrogen) atoms. The van der Waals surface area contributed by atoms with Gasteiger partial charge in [0.05, 0.1) is 63.7 Å². The highest BCUT2D eigenvalue weighted by Crippen LogP contribution is 2.40. The standard InChI is InChI=1S/C81H106N12O23/c1-53-61(16-7-21-67(53)111-54(2)94)78(104)87-29-27-84-72(102)51-92-38-36-90(50-71(101)83-25-13-41-108-43-45-110-46-44-109-42-14-26-86-80(106)65-48-60-47-59-15-11-31-93-32-12-19-63(74(59)93)75(60)116-81(65)107)34-33-89(49-70(100)82-24-10-20-66(99)62-17-8-22-68(112-55(3)95)76(62)114-57(5)97)35-37-91(39-40-92)52-73(103)85-28-30-88-79(105)64-18-9-23-69(113-56(4)96)77(64)115-58(6)98/h7-9,16-18,21-23,47-48H,10-15,19-20,24-46,49-52H2,1-6H3,(H,82,100)(H,83,101)(H,84,102)(H,85,103)(H,86,106)(H,87,104)(H,88,105). The van der Waals surface area contributed by atoms with Crippen molar-refractivity contribution in [2.45, 2.75) is 92.9 Å². The Hall–Kier alpha value is -11.1. The number of carbonyl (C=O) groups is 13. The van der Waals surface area contributed by atoms with Crippen LogP contribution < -0.4 is 71.4 Å². The molecule has 0 bridgehead atoms. The molecule has 0 radical (unpaired) electrons. The maximum absolute atomic E-state index is 13.9. The molecule has 1 fully saturated rings. The van der Waals surface area contributed by atoms with Gasteiger partial charge in [0.15, 0.2) is 28.8 Å². The van der Waals surface area contributed by atoms with Crippen LogP contribution in [0.1, 0.15) is 131 Å². The number of Topliss-reactive ketones (excluding diaryl/α,β-unsaturated/α-hetero) is 1. The molecule has 0 saturated carbocycles. The van der Waals surface area contributed by atoms with Crippen molar-refractivity contribution < 1.29 is 105 Å². The van der Waals surface area contributed by atoms with Gasteiger partial charge < -0.3 is 84.4 Å². The molecule has 3 aliphatic rings. The van der Waals surface area contributed by atoms with Gasteiger partial charge in [-0.05, 0) is 106 Å². The molecular formula is C81H106N12O23. The smallest absolute Gasteiger partial charge is 0.349 e. The van der Waals surface area contributed by atoms with Gasteiger partial charge in [-0.25, -0.2) is 4.79 Å². The highest BCUT2D eigenvalue weighted by Gasteiger charge is 2.30. The molecular weight excluding hydrogens is 1510 g/mol. The summed E-state index contributed by atoms with van der Waals surface area (Å²) in [6, 6.07) is 16.9. The van der Waals surface area contributed by atoms with Crippen molar-refractivity contribution in [1.29, 1.82) is 0 Å². The lowest BCUT2D eigenvalue weighted by molar-refractivity contribution is -0.134. The minimum absolute atomic E-state index is 0.00324. The third-order valence-electron chi connectivity index (χ3n) is 18.8. The zero-order valence-corrected chi connectivity index (χ0v) is 66.7. The molecule has 5 aromatic rings. The topological polar surface area (TPSA) is 426 Å². The summed E-state index contributed by atoms with van der Waals surface area (Å²) in [5.41, 5.74) is 3.97. The first-order valence-electron chi connectivity index (χ1n) is 39.0. The largest absolute Gasteiger partial charge is 0.426 e. The SMILES string of the molecule is CC(=O)Oc1cccc(C(=O)NCCNC(=O)CN2CCN(CC(=O)NCCCOCCOCCOCCCNC(=O)c3cc4cc5c6c(c4oc3=O)CCCN6CCC5)CCN(CC(=O)NCCCC(=O)c3cccc(OC(C)=O)c3OC(C)=O)CCN(CC(=O)NCCNC(=O)c3cccc(OC(C)=O)c3OC(C)=O)CC2)c1C. The molecule has 1 saturated heterocycles. The fourth-order valence-electron chi connectivity index (χ4n) is 13.3. The fourth-order valence-corrected chi connectivity index (χ4v) is 13.3. The van der Waals surface area contributed by atoms with E-state index in [1.807, 2.05) is 19.6 Å². The average molecular weight is 1620 g/mol. The molecule has 7 amide bonds. The Bertz CT molecular complexity index is 4380. The molecule has 4 aromatic carbocycles. The highest BCUT2D eigenvalue weighted by atomic mass is 16.6. The molecule has 0 spiro atoms. The van der Waals surface area contributed by atoms with Gasteiger partial charge in [0.2, 0.25) is 23.6 Å². The van der Waals surface area contributed by atoms with Crippen LogP contribution in [0.4, 0.5) is 5.69 Å². The number of hydrogen-bond acceptors (Lipinski definition) is 28. The van der Waals surface area contributed by atoms with Crippen LogP contribution in [0.25, 0.3) is 11.0 Å². The normalized spacial score (nSPS) is 14.1. The number of hydrogen-bond donors (Lipinski definition) is 7. The van der Waals surface area contributed by atoms with Gasteiger partial charge in [-0.2, -0.15) is 0 Å². The van der Waals surface area contributed by atoms with Gasteiger partial charge in [-0.1, -0.05) is 18.2 Å². The number of anilines is 1. The number of nitrogens with zero attached hydrogens (tertiary/aromatic N) is 5. The first kappa shape index (κ1) is 90.5. The Kier molecular flexibility index (Phi) is 36.7. The van der Waals surface area contributed by atoms with Crippen molar-refractivity contribution >= 4 is 93.6 Å². The number of fused-ring (bicyclic) bond motifs is 2. The van der Waals surface area contributed by atoms with Gasteiger partial charge in [-0.3, -0.25) is 81.9 Å². The quantitative estimate of drug-likeness (QED) is 0.00969. The monoisotopic (exact) mass is 1610 g/mol. The van der Waals surface area contributed by atoms with Gasteiger partial charge in [0.25, 0.3) is 17.7 Å². The number of aryl methyl sites for hydroxylation is 2. The fraction of sp³-hybridized carbons (Fsp3) is 0.506.